The van der Waals surface area contributed by atoms with Crippen molar-refractivity contribution in [2.45, 2.75) is 0 Å². The second-order valence-corrected chi connectivity index (χ2v) is 6.32. The first kappa shape index (κ1) is 15.9. The molecule has 0 unspecified atom stereocenters. The van der Waals surface area contributed by atoms with E-state index in [2.05, 4.69) is 30.8 Å². The highest BCUT2D eigenvalue weighted by Crippen LogP contribution is 2.29. The molecule has 0 spiro atoms. The van der Waals surface area contributed by atoms with E-state index in [1.54, 1.807) is 19.5 Å². The van der Waals surface area contributed by atoms with Crippen molar-refractivity contribution in [1.29, 1.82) is 0 Å². The minimum absolute atomic E-state index is 0.537. The Hall–Kier alpha value is -2.60. The third-order valence-corrected chi connectivity index (χ3v) is 4.67. The number of nitrogens with zero attached hydrogens (tertiary/aromatic N) is 5. The maximum absolute atomic E-state index is 6.18. The van der Waals surface area contributed by atoms with Crippen molar-refractivity contribution >= 4 is 34.0 Å². The molecule has 4 rings (SSSR count). The summed E-state index contributed by atoms with van der Waals surface area (Å²) >= 11 is 6.18. The minimum atomic E-state index is 0.537. The van der Waals surface area contributed by atoms with Crippen molar-refractivity contribution in [3.63, 3.8) is 0 Å². The van der Waals surface area contributed by atoms with E-state index in [1.807, 2.05) is 24.4 Å². The molecule has 1 saturated heterocycles. The van der Waals surface area contributed by atoms with E-state index >= 15 is 0 Å². The van der Waals surface area contributed by atoms with Gasteiger partial charge in [-0.2, -0.15) is 4.98 Å². The summed E-state index contributed by atoms with van der Waals surface area (Å²) in [5.74, 6) is 1.39. The lowest BCUT2D eigenvalue weighted by atomic mass is 10.1. The first-order valence-electron chi connectivity index (χ1n) is 8.15. The average molecular weight is 356 g/mol. The van der Waals surface area contributed by atoms with Crippen molar-refractivity contribution in [2.75, 3.05) is 43.1 Å². The van der Waals surface area contributed by atoms with Gasteiger partial charge in [0.15, 0.2) is 5.82 Å². The van der Waals surface area contributed by atoms with Crippen LogP contribution in [0.5, 0.6) is 5.88 Å². The number of rotatable bonds is 3. The summed E-state index contributed by atoms with van der Waals surface area (Å²) in [7, 11) is 1.60. The van der Waals surface area contributed by atoms with Gasteiger partial charge in [0.25, 0.3) is 0 Å². The number of halogens is 1. The summed E-state index contributed by atoms with van der Waals surface area (Å²) < 4.78 is 5.17. The molecule has 0 radical (unpaired) electrons. The van der Waals surface area contributed by atoms with Crippen molar-refractivity contribution in [3.05, 3.63) is 47.9 Å². The van der Waals surface area contributed by atoms with E-state index in [4.69, 9.17) is 16.3 Å². The van der Waals surface area contributed by atoms with Crippen molar-refractivity contribution < 1.29 is 4.74 Å². The van der Waals surface area contributed by atoms with Gasteiger partial charge in [-0.05, 0) is 24.3 Å². The average Bonchev–Trinajstić information content (AvgIpc) is 2.67. The SMILES string of the molecule is COc1cncc(N2CCN(c3ccnc4ccc(Cl)cc34)CC2)n1. The quantitative estimate of drug-likeness (QED) is 0.720. The number of benzene rings is 1. The maximum Gasteiger partial charge on any atom is 0.233 e. The van der Waals surface area contributed by atoms with Gasteiger partial charge in [-0.3, -0.25) is 9.97 Å². The molecule has 0 atom stereocenters. The molecule has 0 aliphatic carbocycles. The lowest BCUT2D eigenvalue weighted by Gasteiger charge is -2.37. The van der Waals surface area contributed by atoms with Crippen LogP contribution in [0, 0.1) is 0 Å². The smallest absolute Gasteiger partial charge is 0.233 e. The number of hydrogen-bond donors (Lipinski definition) is 0. The number of pyridine rings is 1. The molecule has 2 aromatic heterocycles. The third-order valence-electron chi connectivity index (χ3n) is 4.43. The van der Waals surface area contributed by atoms with Crippen molar-refractivity contribution in [1.82, 2.24) is 15.0 Å². The highest BCUT2D eigenvalue weighted by atomic mass is 35.5. The molecule has 6 nitrogen and oxygen atoms in total. The zero-order chi connectivity index (χ0) is 17.2. The number of ether oxygens (including phenoxy) is 1. The van der Waals surface area contributed by atoms with Gasteiger partial charge in [0.1, 0.15) is 0 Å². The van der Waals surface area contributed by atoms with Crippen molar-refractivity contribution in [3.8, 4) is 5.88 Å². The Labute approximate surface area is 151 Å². The molecule has 0 saturated carbocycles. The predicted octanol–water partition coefficient (Wildman–Crippen LogP) is 3.01. The number of fused-ring (bicyclic) bond motifs is 1. The molecule has 0 amide bonds. The van der Waals surface area contributed by atoms with Crippen LogP contribution in [0.2, 0.25) is 5.02 Å². The second kappa shape index (κ2) is 6.72. The van der Waals surface area contributed by atoms with Gasteiger partial charge in [-0.15, -0.1) is 0 Å². The molecule has 25 heavy (non-hydrogen) atoms. The topological polar surface area (TPSA) is 54.4 Å². The van der Waals surface area contributed by atoms with Gasteiger partial charge in [0.2, 0.25) is 5.88 Å². The molecular formula is C18H18ClN5O. The number of piperazine rings is 1. The molecule has 1 aromatic carbocycles. The fourth-order valence-corrected chi connectivity index (χ4v) is 3.32. The third kappa shape index (κ3) is 3.17. The largest absolute Gasteiger partial charge is 0.480 e. The van der Waals surface area contributed by atoms with Gasteiger partial charge in [0.05, 0.1) is 25.0 Å². The summed E-state index contributed by atoms with van der Waals surface area (Å²) in [6.07, 6.45) is 5.25. The normalized spacial score (nSPS) is 14.8. The Morgan fingerprint density at radius 2 is 1.84 bits per heavy atom. The monoisotopic (exact) mass is 355 g/mol. The van der Waals surface area contributed by atoms with Crippen LogP contribution in [-0.2, 0) is 0 Å². The number of methoxy groups -OCH3 is 1. The number of hydrogen-bond acceptors (Lipinski definition) is 6. The van der Waals surface area contributed by atoms with E-state index in [-0.39, 0.29) is 0 Å². The molecule has 1 aliphatic rings. The molecule has 1 aliphatic heterocycles. The van der Waals surface area contributed by atoms with Crippen LogP contribution < -0.4 is 14.5 Å². The van der Waals surface area contributed by atoms with Crippen LogP contribution in [0.15, 0.2) is 42.9 Å². The standard InChI is InChI=1S/C18H18ClN5O/c1-25-18-12-20-11-17(22-18)24-8-6-23(7-9-24)16-4-5-21-15-3-2-13(19)10-14(15)16/h2-5,10-12H,6-9H2,1H3. The molecule has 3 aromatic rings. The lowest BCUT2D eigenvalue weighted by molar-refractivity contribution is 0.395. The van der Waals surface area contributed by atoms with Gasteiger partial charge >= 0.3 is 0 Å². The zero-order valence-electron chi connectivity index (χ0n) is 13.9. The maximum atomic E-state index is 6.18. The number of aromatic nitrogens is 3. The van der Waals surface area contributed by atoms with Crippen molar-refractivity contribution in [2.24, 2.45) is 0 Å². The Kier molecular flexibility index (Phi) is 4.28. The van der Waals surface area contributed by atoms with Crippen LogP contribution in [-0.4, -0.2) is 48.2 Å². The van der Waals surface area contributed by atoms with E-state index in [0.29, 0.717) is 5.88 Å². The number of anilines is 2. The Balaban J connectivity index is 1.55. The van der Waals surface area contributed by atoms with E-state index in [1.165, 1.54) is 5.69 Å². The summed E-state index contributed by atoms with van der Waals surface area (Å²) in [4.78, 5) is 17.7. The fourth-order valence-electron chi connectivity index (χ4n) is 3.15. The highest BCUT2D eigenvalue weighted by Gasteiger charge is 2.20. The molecular weight excluding hydrogens is 338 g/mol. The van der Waals surface area contributed by atoms with Crippen LogP contribution in [0.1, 0.15) is 0 Å². The van der Waals surface area contributed by atoms with E-state index in [9.17, 15) is 0 Å². The molecule has 128 valence electrons. The summed E-state index contributed by atoms with van der Waals surface area (Å²) in [6, 6.07) is 7.88. The first-order valence-corrected chi connectivity index (χ1v) is 8.52. The van der Waals surface area contributed by atoms with Crippen LogP contribution in [0.4, 0.5) is 11.5 Å². The molecule has 1 fully saturated rings. The van der Waals surface area contributed by atoms with Gasteiger partial charge in [-0.1, -0.05) is 11.6 Å². The van der Waals surface area contributed by atoms with E-state index in [0.717, 1.165) is 47.9 Å². The van der Waals surface area contributed by atoms with Gasteiger partial charge in [-0.25, -0.2) is 0 Å². The van der Waals surface area contributed by atoms with Gasteiger partial charge < -0.3 is 14.5 Å². The minimum Gasteiger partial charge on any atom is -0.480 e. The fraction of sp³-hybridized carbons (Fsp3) is 0.278. The lowest BCUT2D eigenvalue weighted by Crippen LogP contribution is -2.47. The molecule has 7 heteroatoms. The molecule has 0 N–H and O–H groups in total. The zero-order valence-corrected chi connectivity index (χ0v) is 14.6. The molecule has 3 heterocycles. The Bertz CT molecular complexity index is 896. The summed E-state index contributed by atoms with van der Waals surface area (Å²) in [5, 5.41) is 1.82. The summed E-state index contributed by atoms with van der Waals surface area (Å²) in [6.45, 7) is 3.52. The summed E-state index contributed by atoms with van der Waals surface area (Å²) in [5.41, 5.74) is 2.13. The second-order valence-electron chi connectivity index (χ2n) is 5.89. The van der Waals surface area contributed by atoms with Gasteiger partial charge in [0, 0.05) is 48.5 Å². The highest BCUT2D eigenvalue weighted by molar-refractivity contribution is 6.31. The van der Waals surface area contributed by atoms with E-state index < -0.39 is 0 Å². The van der Waals surface area contributed by atoms with Crippen LogP contribution in [0.25, 0.3) is 10.9 Å². The predicted molar refractivity (Wildman–Crippen MR) is 99.8 cm³/mol. The van der Waals surface area contributed by atoms with Crippen LogP contribution in [0.3, 0.4) is 0 Å². The van der Waals surface area contributed by atoms with Crippen LogP contribution >= 0.6 is 11.6 Å². The molecule has 0 bridgehead atoms. The Morgan fingerprint density at radius 3 is 2.64 bits per heavy atom. The Morgan fingerprint density at radius 1 is 1.04 bits per heavy atom. The first-order chi connectivity index (χ1) is 12.2.